The number of nitrogens with one attached hydrogen (secondary N) is 1. The van der Waals surface area contributed by atoms with Gasteiger partial charge in [0.25, 0.3) is 0 Å². The Kier molecular flexibility index (Phi) is 17.4. The third kappa shape index (κ3) is 13.2. The number of rotatable bonds is 27. The monoisotopic (exact) mass is 700 g/mol. The fourth-order valence-corrected chi connectivity index (χ4v) is 7.25. The molecule has 0 aliphatic carbocycles. The summed E-state index contributed by atoms with van der Waals surface area (Å²) in [4.78, 5) is 22.3. The first-order valence-electron chi connectivity index (χ1n) is 19.4. The molecule has 0 saturated carbocycles. The predicted octanol–water partition coefficient (Wildman–Crippen LogP) is 8.49. The zero-order chi connectivity index (χ0) is 35.6. The van der Waals surface area contributed by atoms with E-state index in [9.17, 15) is 25.1 Å². The molecule has 12 heteroatoms. The molecule has 4 rings (SSSR count). The van der Waals surface area contributed by atoms with Crippen LogP contribution in [0.5, 0.6) is 0 Å². The van der Waals surface area contributed by atoms with Crippen molar-refractivity contribution in [3.05, 3.63) is 33.9 Å². The number of aliphatic hydroxyl groups excluding tert-OH is 2. The maximum absolute atomic E-state index is 11.6. The first kappa shape index (κ1) is 39.7. The molecular weight excluding hydrogens is 640 g/mol. The highest BCUT2D eigenvalue weighted by Gasteiger charge is 2.34. The Bertz CT molecular complexity index is 1330. The van der Waals surface area contributed by atoms with E-state index in [1.165, 1.54) is 51.0 Å². The average molecular weight is 701 g/mol. The molecule has 3 N–H and O–H groups in total. The molecule has 1 saturated heterocycles. The van der Waals surface area contributed by atoms with Gasteiger partial charge in [0, 0.05) is 18.2 Å². The van der Waals surface area contributed by atoms with E-state index in [1.54, 1.807) is 6.07 Å². The van der Waals surface area contributed by atoms with Gasteiger partial charge in [-0.25, -0.2) is 9.42 Å². The molecule has 3 heterocycles. The van der Waals surface area contributed by atoms with Crippen LogP contribution in [0.25, 0.3) is 11.0 Å². The lowest BCUT2D eigenvalue weighted by molar-refractivity contribution is -0.383. The minimum absolute atomic E-state index is 0.0613. The van der Waals surface area contributed by atoms with Crippen molar-refractivity contribution in [2.75, 3.05) is 11.9 Å². The lowest BCUT2D eigenvalue weighted by atomic mass is 10.00. The van der Waals surface area contributed by atoms with Gasteiger partial charge < -0.3 is 25.0 Å². The lowest BCUT2D eigenvalue weighted by Crippen LogP contribution is -2.31. The number of nitro benzene ring substituents is 1. The van der Waals surface area contributed by atoms with Crippen molar-refractivity contribution in [1.82, 2.24) is 10.3 Å². The third-order valence-corrected chi connectivity index (χ3v) is 10.2. The van der Waals surface area contributed by atoms with Gasteiger partial charge >= 0.3 is 11.7 Å². The van der Waals surface area contributed by atoms with Crippen LogP contribution in [0.4, 0.5) is 11.4 Å². The van der Waals surface area contributed by atoms with E-state index in [0.29, 0.717) is 11.2 Å². The summed E-state index contributed by atoms with van der Waals surface area (Å²) in [5.74, 6) is -0.132. The number of fused-ring (bicyclic) bond motifs is 1. The summed E-state index contributed by atoms with van der Waals surface area (Å²) in [6.07, 6.45) is 24.1. The molecule has 0 amide bonds. The second kappa shape index (κ2) is 22.0. The highest BCUT2D eigenvalue weighted by molar-refractivity contribution is 5.93. The number of ether oxygens (including phenoxy) is 2. The number of non-ortho nitro benzene ring substituents is 1. The second-order valence-electron chi connectivity index (χ2n) is 14.3. The molecule has 1 fully saturated rings. The summed E-state index contributed by atoms with van der Waals surface area (Å²) in [5, 5.41) is 43.3. The van der Waals surface area contributed by atoms with Gasteiger partial charge in [-0.05, 0) is 74.3 Å². The van der Waals surface area contributed by atoms with E-state index >= 15 is 0 Å². The van der Waals surface area contributed by atoms with Crippen molar-refractivity contribution in [2.24, 2.45) is 0 Å². The van der Waals surface area contributed by atoms with Crippen LogP contribution >= 0.6 is 0 Å². The standard InChI is InChI=1S/C38H60N4O8/c1-28-27-29(38(45)48-28)19-15-11-7-4-2-3-5-8-12-16-20-32(43)34-24-25-35(49-34)33(44)21-17-13-9-6-10-14-18-26-39-30-22-23-31(42(46)47)37-36(30)40-50-41-37/h22-23,27-28,32-35,39,43-44H,2-21,24-26H2,1H3/t28-,32+,33+,34+,35+/m0/s1. The van der Waals surface area contributed by atoms with Crippen LogP contribution in [0.15, 0.2) is 28.4 Å². The summed E-state index contributed by atoms with van der Waals surface area (Å²) in [6, 6.07) is 3.06. The van der Waals surface area contributed by atoms with Crippen LogP contribution in [-0.2, 0) is 14.3 Å². The lowest BCUT2D eigenvalue weighted by Gasteiger charge is -2.22. The number of aliphatic hydroxyl groups is 2. The van der Waals surface area contributed by atoms with E-state index in [1.807, 2.05) is 13.0 Å². The molecule has 280 valence electrons. The molecule has 1 aromatic heterocycles. The summed E-state index contributed by atoms with van der Waals surface area (Å²) in [7, 11) is 0. The molecule has 0 bridgehead atoms. The van der Waals surface area contributed by atoms with Crippen LogP contribution in [0, 0.1) is 10.1 Å². The number of hydrogen-bond acceptors (Lipinski definition) is 11. The van der Waals surface area contributed by atoms with Gasteiger partial charge in [0.2, 0.25) is 5.52 Å². The molecule has 0 radical (unpaired) electrons. The van der Waals surface area contributed by atoms with Crippen LogP contribution in [0.1, 0.15) is 148 Å². The first-order valence-corrected chi connectivity index (χ1v) is 19.4. The summed E-state index contributed by atoms with van der Waals surface area (Å²) in [5.41, 5.74) is 1.96. The molecule has 0 spiro atoms. The van der Waals surface area contributed by atoms with Gasteiger partial charge in [0.1, 0.15) is 6.10 Å². The predicted molar refractivity (Wildman–Crippen MR) is 193 cm³/mol. The topological polar surface area (TPSA) is 170 Å². The van der Waals surface area contributed by atoms with E-state index in [2.05, 4.69) is 15.6 Å². The first-order chi connectivity index (χ1) is 24.3. The van der Waals surface area contributed by atoms with Crippen molar-refractivity contribution in [2.45, 2.75) is 179 Å². The number of unbranched alkanes of at least 4 members (excludes halogenated alkanes) is 15. The number of hydrogen-bond donors (Lipinski definition) is 3. The van der Waals surface area contributed by atoms with Gasteiger partial charge in [-0.15, -0.1) is 0 Å². The summed E-state index contributed by atoms with van der Waals surface area (Å²) >= 11 is 0. The van der Waals surface area contributed by atoms with Gasteiger partial charge in [-0.2, -0.15) is 0 Å². The largest absolute Gasteiger partial charge is 0.455 e. The normalized spacial score (nSPS) is 20.3. The fraction of sp³-hybridized carbons (Fsp3) is 0.763. The third-order valence-electron chi connectivity index (χ3n) is 10.2. The zero-order valence-corrected chi connectivity index (χ0v) is 30.1. The minimum Gasteiger partial charge on any atom is -0.455 e. The Labute approximate surface area is 296 Å². The van der Waals surface area contributed by atoms with Crippen LogP contribution in [-0.4, -0.2) is 68.5 Å². The number of carbonyl (C=O) groups excluding carboxylic acids is 1. The molecule has 2 aliphatic rings. The van der Waals surface area contributed by atoms with Gasteiger partial charge in [-0.3, -0.25) is 10.1 Å². The van der Waals surface area contributed by atoms with Crippen molar-refractivity contribution in [1.29, 1.82) is 0 Å². The van der Waals surface area contributed by atoms with Crippen molar-refractivity contribution >= 4 is 28.4 Å². The number of esters is 1. The number of nitrogens with zero attached hydrogens (tertiary/aromatic N) is 3. The molecule has 5 atom stereocenters. The second-order valence-corrected chi connectivity index (χ2v) is 14.3. The SMILES string of the molecule is C[C@H]1C=C(CCCCCCCCCCCC[C@@H](O)[C@H]2CC[C@H]([C@H](O)CCCCCCCCCNc3ccc([N+](=O)[O-])c4nonc34)O2)C(=O)O1. The molecule has 12 nitrogen and oxygen atoms in total. The smallest absolute Gasteiger partial charge is 0.334 e. The number of nitro groups is 1. The van der Waals surface area contributed by atoms with E-state index in [0.717, 1.165) is 108 Å². The fourth-order valence-electron chi connectivity index (χ4n) is 7.25. The molecule has 2 aliphatic heterocycles. The quantitative estimate of drug-likeness (QED) is 0.0353. The van der Waals surface area contributed by atoms with Crippen LogP contribution in [0.3, 0.4) is 0 Å². The molecule has 1 aromatic carbocycles. The number of aromatic nitrogens is 2. The average Bonchev–Trinajstić information content (AvgIpc) is 3.86. The maximum Gasteiger partial charge on any atom is 0.334 e. The highest BCUT2D eigenvalue weighted by atomic mass is 16.6. The Morgan fingerprint density at radius 2 is 1.32 bits per heavy atom. The Morgan fingerprint density at radius 1 is 0.800 bits per heavy atom. The van der Waals surface area contributed by atoms with Crippen molar-refractivity contribution in [3.8, 4) is 0 Å². The number of carbonyl (C=O) groups is 1. The van der Waals surface area contributed by atoms with E-state index < -0.39 is 17.1 Å². The van der Waals surface area contributed by atoms with E-state index in [4.69, 9.17) is 14.1 Å². The van der Waals surface area contributed by atoms with Gasteiger partial charge in [0.05, 0.1) is 35.0 Å². The van der Waals surface area contributed by atoms with Gasteiger partial charge in [-0.1, -0.05) is 96.3 Å². The van der Waals surface area contributed by atoms with E-state index in [-0.39, 0.29) is 35.5 Å². The highest BCUT2D eigenvalue weighted by Crippen LogP contribution is 2.30. The van der Waals surface area contributed by atoms with Crippen LogP contribution < -0.4 is 5.32 Å². The Balaban J connectivity index is 0.909. The molecule has 0 unspecified atom stereocenters. The number of benzene rings is 1. The summed E-state index contributed by atoms with van der Waals surface area (Å²) in [6.45, 7) is 2.65. The molecular formula is C38H60N4O8. The molecule has 50 heavy (non-hydrogen) atoms. The maximum atomic E-state index is 11.6. The van der Waals surface area contributed by atoms with Crippen molar-refractivity contribution in [3.63, 3.8) is 0 Å². The summed E-state index contributed by atoms with van der Waals surface area (Å²) < 4.78 is 16.0. The minimum atomic E-state index is -0.489. The zero-order valence-electron chi connectivity index (χ0n) is 30.1. The Morgan fingerprint density at radius 3 is 1.86 bits per heavy atom. The van der Waals surface area contributed by atoms with Gasteiger partial charge in [0.15, 0.2) is 5.52 Å². The Hall–Kier alpha value is -3.09. The molecule has 2 aromatic rings. The number of anilines is 1. The van der Waals surface area contributed by atoms with Crippen molar-refractivity contribution < 1.29 is 34.0 Å². The van der Waals surface area contributed by atoms with Crippen LogP contribution in [0.2, 0.25) is 0 Å². The number of cyclic esters (lactones) is 1.